The molecule has 0 spiro atoms. The van der Waals surface area contributed by atoms with Crippen LogP contribution >= 0.6 is 11.3 Å². The van der Waals surface area contributed by atoms with E-state index in [1.807, 2.05) is 37.3 Å². The average molecular weight is 353 g/mol. The molecule has 1 amide bonds. The number of carbonyl (C=O) groups is 1. The maximum absolute atomic E-state index is 12.7. The number of nitrogens with zero attached hydrogens (tertiary/aromatic N) is 1. The molecule has 3 rings (SSSR count). The highest BCUT2D eigenvalue weighted by molar-refractivity contribution is 7.12. The molecule has 0 N–H and O–H groups in total. The number of thiophene rings is 1. The van der Waals surface area contributed by atoms with Gasteiger partial charge in [-0.3, -0.25) is 4.79 Å². The Morgan fingerprint density at radius 3 is 2.75 bits per heavy atom. The molecule has 4 nitrogen and oxygen atoms in total. The van der Waals surface area contributed by atoms with Gasteiger partial charge in [0.25, 0.3) is 5.91 Å². The van der Waals surface area contributed by atoms with Gasteiger partial charge in [-0.2, -0.15) is 8.78 Å². The lowest BCUT2D eigenvalue weighted by molar-refractivity contribution is -0.0697. The molecule has 2 unspecified atom stereocenters. The van der Waals surface area contributed by atoms with Crippen LogP contribution in [0.3, 0.4) is 0 Å². The van der Waals surface area contributed by atoms with Crippen molar-refractivity contribution in [2.24, 2.45) is 0 Å². The second kappa shape index (κ2) is 7.27. The van der Waals surface area contributed by atoms with Crippen LogP contribution in [-0.2, 0) is 4.74 Å². The van der Waals surface area contributed by atoms with Gasteiger partial charge < -0.3 is 14.4 Å². The molecule has 7 heteroatoms. The van der Waals surface area contributed by atoms with Crippen molar-refractivity contribution in [1.29, 1.82) is 0 Å². The fourth-order valence-electron chi connectivity index (χ4n) is 2.75. The number of carbonyl (C=O) groups excluding carboxylic acids is 1. The lowest BCUT2D eigenvalue weighted by Crippen LogP contribution is -2.45. The van der Waals surface area contributed by atoms with Gasteiger partial charge in [-0.15, -0.1) is 11.3 Å². The zero-order valence-electron chi connectivity index (χ0n) is 13.0. The second-order valence-corrected chi connectivity index (χ2v) is 6.46. The van der Waals surface area contributed by atoms with E-state index in [0.717, 1.165) is 16.9 Å². The summed E-state index contributed by atoms with van der Waals surface area (Å²) in [5.74, 6) is -0.382. The quantitative estimate of drug-likeness (QED) is 0.835. The predicted molar refractivity (Wildman–Crippen MR) is 86.6 cm³/mol. The Labute approximate surface area is 142 Å². The first-order valence-electron chi connectivity index (χ1n) is 7.56. The summed E-state index contributed by atoms with van der Waals surface area (Å²) >= 11 is 1.10. The summed E-state index contributed by atoms with van der Waals surface area (Å²) in [4.78, 5) is 14.6. The number of hydrogen-bond donors (Lipinski definition) is 0. The minimum absolute atomic E-state index is 0.0737. The van der Waals surface area contributed by atoms with Gasteiger partial charge in [-0.05, 0) is 23.9 Å². The lowest BCUT2D eigenvalue weighted by Gasteiger charge is -2.37. The molecule has 0 saturated carbocycles. The number of morpholine rings is 1. The number of alkyl halides is 2. The third kappa shape index (κ3) is 3.73. The van der Waals surface area contributed by atoms with E-state index in [2.05, 4.69) is 4.74 Å². The monoisotopic (exact) mass is 353 g/mol. The Balaban J connectivity index is 1.78. The fraction of sp³-hybridized carbons (Fsp3) is 0.353. The summed E-state index contributed by atoms with van der Waals surface area (Å²) in [6, 6.07) is 11.0. The zero-order valence-corrected chi connectivity index (χ0v) is 13.8. The van der Waals surface area contributed by atoms with Crippen LogP contribution < -0.4 is 4.74 Å². The second-order valence-electron chi connectivity index (χ2n) is 5.55. The van der Waals surface area contributed by atoms with Crippen molar-refractivity contribution in [3.8, 4) is 5.75 Å². The number of rotatable bonds is 4. The third-order valence-corrected chi connectivity index (χ3v) is 4.64. The SMILES string of the molecule is CC1CN(C(=O)c2sccc2OC(F)F)CC(c2ccccc2)O1. The maximum Gasteiger partial charge on any atom is 0.387 e. The van der Waals surface area contributed by atoms with Crippen LogP contribution in [0.2, 0.25) is 0 Å². The first kappa shape index (κ1) is 16.9. The van der Waals surface area contributed by atoms with Crippen LogP contribution in [0.5, 0.6) is 5.75 Å². The molecule has 1 aliphatic rings. The van der Waals surface area contributed by atoms with Crippen molar-refractivity contribution in [3.05, 3.63) is 52.2 Å². The summed E-state index contributed by atoms with van der Waals surface area (Å²) < 4.78 is 35.3. The average Bonchev–Trinajstić information content (AvgIpc) is 3.01. The Morgan fingerprint density at radius 1 is 1.29 bits per heavy atom. The molecule has 1 aromatic heterocycles. The van der Waals surface area contributed by atoms with Crippen LogP contribution in [0.15, 0.2) is 41.8 Å². The Hall–Kier alpha value is -1.99. The zero-order chi connectivity index (χ0) is 17.1. The van der Waals surface area contributed by atoms with Crippen molar-refractivity contribution in [2.45, 2.75) is 25.7 Å². The smallest absolute Gasteiger partial charge is 0.387 e. The minimum atomic E-state index is -2.95. The van der Waals surface area contributed by atoms with E-state index in [4.69, 9.17) is 4.74 Å². The van der Waals surface area contributed by atoms with Gasteiger partial charge >= 0.3 is 6.61 Å². The van der Waals surface area contributed by atoms with E-state index in [0.29, 0.717) is 13.1 Å². The van der Waals surface area contributed by atoms with Gasteiger partial charge in [0.05, 0.1) is 12.6 Å². The van der Waals surface area contributed by atoms with Crippen LogP contribution in [0.4, 0.5) is 8.78 Å². The van der Waals surface area contributed by atoms with Crippen molar-refractivity contribution < 1.29 is 23.0 Å². The van der Waals surface area contributed by atoms with Gasteiger partial charge in [0, 0.05) is 6.54 Å². The van der Waals surface area contributed by atoms with Crippen LogP contribution in [-0.4, -0.2) is 36.6 Å². The molecule has 0 aliphatic carbocycles. The molecule has 2 aromatic rings. The van der Waals surface area contributed by atoms with Gasteiger partial charge in [0.15, 0.2) is 0 Å². The van der Waals surface area contributed by atoms with Crippen LogP contribution in [0.25, 0.3) is 0 Å². The topological polar surface area (TPSA) is 38.8 Å². The van der Waals surface area contributed by atoms with E-state index in [1.165, 1.54) is 6.07 Å². The molecule has 24 heavy (non-hydrogen) atoms. The highest BCUT2D eigenvalue weighted by atomic mass is 32.1. The van der Waals surface area contributed by atoms with Crippen molar-refractivity contribution in [1.82, 2.24) is 4.90 Å². The van der Waals surface area contributed by atoms with Gasteiger partial charge in [-0.1, -0.05) is 30.3 Å². The minimum Gasteiger partial charge on any atom is -0.433 e. The first-order chi connectivity index (χ1) is 11.5. The van der Waals surface area contributed by atoms with E-state index in [1.54, 1.807) is 10.3 Å². The largest absolute Gasteiger partial charge is 0.433 e. The Kier molecular flexibility index (Phi) is 5.11. The number of halogens is 2. The van der Waals surface area contributed by atoms with Crippen molar-refractivity contribution in [2.75, 3.05) is 13.1 Å². The van der Waals surface area contributed by atoms with Gasteiger partial charge in [-0.25, -0.2) is 0 Å². The summed E-state index contributed by atoms with van der Waals surface area (Å²) in [6.45, 7) is -0.278. The summed E-state index contributed by atoms with van der Waals surface area (Å²) in [6.07, 6.45) is -0.384. The van der Waals surface area contributed by atoms with E-state index in [9.17, 15) is 13.6 Å². The molecule has 0 bridgehead atoms. The highest BCUT2D eigenvalue weighted by Gasteiger charge is 2.31. The van der Waals surface area contributed by atoms with Crippen LogP contribution in [0, 0.1) is 0 Å². The van der Waals surface area contributed by atoms with Crippen LogP contribution in [0.1, 0.15) is 28.3 Å². The molecule has 1 saturated heterocycles. The standard InChI is InChI=1S/C17H17F2NO3S/c1-11-9-20(10-14(22-11)12-5-3-2-4-6-12)16(21)15-13(7-8-24-15)23-17(18)19/h2-8,11,14,17H,9-10H2,1H3. The molecule has 128 valence electrons. The number of hydrogen-bond acceptors (Lipinski definition) is 4. The van der Waals surface area contributed by atoms with E-state index < -0.39 is 6.61 Å². The number of amides is 1. The van der Waals surface area contributed by atoms with Gasteiger partial charge in [0.2, 0.25) is 0 Å². The first-order valence-corrected chi connectivity index (χ1v) is 8.44. The molecular weight excluding hydrogens is 336 g/mol. The summed E-state index contributed by atoms with van der Waals surface area (Å²) in [5.41, 5.74) is 0.983. The van der Waals surface area contributed by atoms with E-state index >= 15 is 0 Å². The molecule has 1 aromatic carbocycles. The fourth-order valence-corrected chi connectivity index (χ4v) is 3.54. The highest BCUT2D eigenvalue weighted by Crippen LogP contribution is 2.31. The normalized spacial score (nSPS) is 21.1. The molecule has 2 heterocycles. The summed E-state index contributed by atoms with van der Waals surface area (Å²) in [5, 5.41) is 1.57. The molecule has 1 aliphatic heterocycles. The van der Waals surface area contributed by atoms with E-state index in [-0.39, 0.29) is 28.7 Å². The Morgan fingerprint density at radius 2 is 2.04 bits per heavy atom. The predicted octanol–water partition coefficient (Wildman–Crippen LogP) is 3.95. The Bertz CT molecular complexity index is 692. The number of benzene rings is 1. The van der Waals surface area contributed by atoms with Crippen molar-refractivity contribution >= 4 is 17.2 Å². The van der Waals surface area contributed by atoms with Crippen molar-refractivity contribution in [3.63, 3.8) is 0 Å². The third-order valence-electron chi connectivity index (χ3n) is 3.76. The molecule has 0 radical (unpaired) electrons. The molecule has 1 fully saturated rings. The van der Waals surface area contributed by atoms with Gasteiger partial charge in [0.1, 0.15) is 16.7 Å². The number of ether oxygens (including phenoxy) is 2. The molecular formula is C17H17F2NO3S. The summed E-state index contributed by atoms with van der Waals surface area (Å²) in [7, 11) is 0. The maximum atomic E-state index is 12.7. The molecule has 2 atom stereocenters. The lowest BCUT2D eigenvalue weighted by atomic mass is 10.1.